The lowest BCUT2D eigenvalue weighted by atomic mass is 9.90. The predicted molar refractivity (Wildman–Crippen MR) is 117 cm³/mol. The van der Waals surface area contributed by atoms with E-state index < -0.39 is 23.4 Å². The van der Waals surface area contributed by atoms with Crippen molar-refractivity contribution in [1.82, 2.24) is 14.7 Å². The van der Waals surface area contributed by atoms with Gasteiger partial charge in [-0.25, -0.2) is 4.98 Å². The molecule has 0 bridgehead atoms. The van der Waals surface area contributed by atoms with E-state index in [4.69, 9.17) is 0 Å². The zero-order valence-electron chi connectivity index (χ0n) is 18.0. The second-order valence-corrected chi connectivity index (χ2v) is 8.69. The number of Topliss-reactive ketones (excluding diaryl/α,β-unsaturated/α-hetero) is 2. The summed E-state index contributed by atoms with van der Waals surface area (Å²) < 4.78 is 40.5. The molecule has 7 nitrogen and oxygen atoms in total. The lowest BCUT2D eigenvalue weighted by Gasteiger charge is -2.30. The van der Waals surface area contributed by atoms with Gasteiger partial charge in [0.15, 0.2) is 5.69 Å². The molecule has 2 aromatic heterocycles. The van der Waals surface area contributed by atoms with Gasteiger partial charge in [-0.1, -0.05) is 18.2 Å². The molecule has 1 saturated carbocycles. The van der Waals surface area contributed by atoms with Crippen molar-refractivity contribution >= 4 is 28.9 Å². The number of benzene rings is 1. The summed E-state index contributed by atoms with van der Waals surface area (Å²) in [5, 5.41) is 6.30. The fraction of sp³-hybridized carbons (Fsp3) is 0.333. The van der Waals surface area contributed by atoms with Gasteiger partial charge in [0.25, 0.3) is 5.91 Å². The van der Waals surface area contributed by atoms with E-state index in [0.29, 0.717) is 48.2 Å². The molecule has 2 aliphatic carbocycles. The van der Waals surface area contributed by atoms with Crippen molar-refractivity contribution < 1.29 is 27.6 Å². The van der Waals surface area contributed by atoms with Crippen LogP contribution in [0.2, 0.25) is 0 Å². The predicted octanol–water partition coefficient (Wildman–Crippen LogP) is 3.81. The lowest BCUT2D eigenvalue weighted by molar-refractivity contribution is -0.140. The Kier molecular flexibility index (Phi) is 5.38. The highest BCUT2D eigenvalue weighted by molar-refractivity contribution is 6.47. The molecule has 5 rings (SSSR count). The number of rotatable bonds is 4. The number of imidazole rings is 1. The van der Waals surface area contributed by atoms with Crippen molar-refractivity contribution in [3.05, 3.63) is 65.0 Å². The number of anilines is 1. The highest BCUT2D eigenvalue weighted by Crippen LogP contribution is 2.30. The van der Waals surface area contributed by atoms with E-state index in [1.807, 2.05) is 0 Å². The Morgan fingerprint density at radius 1 is 1.00 bits per heavy atom. The van der Waals surface area contributed by atoms with E-state index in [-0.39, 0.29) is 30.1 Å². The van der Waals surface area contributed by atoms with Crippen LogP contribution in [0.3, 0.4) is 0 Å². The summed E-state index contributed by atoms with van der Waals surface area (Å²) in [5.41, 5.74) is 0.406. The van der Waals surface area contributed by atoms with Crippen LogP contribution in [0.15, 0.2) is 42.6 Å². The number of hydrogen-bond acceptors (Lipinski definition) is 5. The summed E-state index contributed by atoms with van der Waals surface area (Å²) in [5.74, 6) is -0.829. The van der Waals surface area contributed by atoms with Crippen LogP contribution in [-0.2, 0) is 17.4 Å². The van der Waals surface area contributed by atoms with Gasteiger partial charge in [-0.3, -0.25) is 18.8 Å². The number of aromatic nitrogens is 2. The topological polar surface area (TPSA) is 92.6 Å². The molecule has 0 spiro atoms. The lowest BCUT2D eigenvalue weighted by Crippen LogP contribution is -2.40. The summed E-state index contributed by atoms with van der Waals surface area (Å²) in [6.45, 7) is 0. The Labute approximate surface area is 192 Å². The third-order valence-electron chi connectivity index (χ3n) is 6.45. The van der Waals surface area contributed by atoms with Gasteiger partial charge in [-0.15, -0.1) is 0 Å². The van der Waals surface area contributed by atoms with Crippen LogP contribution in [0, 0.1) is 0 Å². The summed E-state index contributed by atoms with van der Waals surface area (Å²) >= 11 is 0. The Morgan fingerprint density at radius 2 is 1.71 bits per heavy atom. The molecule has 34 heavy (non-hydrogen) atoms. The van der Waals surface area contributed by atoms with E-state index in [0.717, 1.165) is 6.20 Å². The van der Waals surface area contributed by atoms with Crippen molar-refractivity contribution in [3.8, 4) is 0 Å². The normalized spacial score (nSPS) is 20.4. The monoisotopic (exact) mass is 470 g/mol. The highest BCUT2D eigenvalue weighted by Gasteiger charge is 2.35. The molecule has 0 atom stereocenters. The maximum atomic E-state index is 13.0. The van der Waals surface area contributed by atoms with Crippen LogP contribution in [0.5, 0.6) is 0 Å². The van der Waals surface area contributed by atoms with E-state index in [2.05, 4.69) is 15.6 Å². The van der Waals surface area contributed by atoms with Gasteiger partial charge < -0.3 is 10.6 Å². The van der Waals surface area contributed by atoms with Crippen molar-refractivity contribution in [2.45, 2.75) is 50.4 Å². The van der Waals surface area contributed by atoms with Gasteiger partial charge in [0.2, 0.25) is 11.6 Å². The van der Waals surface area contributed by atoms with Crippen LogP contribution in [0.25, 0.3) is 5.65 Å². The number of nitrogens with zero attached hydrogens (tertiary/aromatic N) is 2. The molecule has 0 radical (unpaired) electrons. The zero-order valence-corrected chi connectivity index (χ0v) is 18.0. The second kappa shape index (κ2) is 8.27. The maximum absolute atomic E-state index is 13.0. The summed E-state index contributed by atoms with van der Waals surface area (Å²) in [4.78, 5) is 40.2. The van der Waals surface area contributed by atoms with Gasteiger partial charge >= 0.3 is 6.18 Å². The van der Waals surface area contributed by atoms with Gasteiger partial charge in [0.1, 0.15) is 11.5 Å². The van der Waals surface area contributed by atoms with Gasteiger partial charge in [-0.2, -0.15) is 13.2 Å². The van der Waals surface area contributed by atoms with Crippen molar-refractivity contribution in [3.63, 3.8) is 0 Å². The number of pyridine rings is 1. The molecule has 0 unspecified atom stereocenters. The van der Waals surface area contributed by atoms with E-state index in [9.17, 15) is 27.6 Å². The number of carbonyl (C=O) groups is 3. The fourth-order valence-corrected chi connectivity index (χ4v) is 4.71. The van der Waals surface area contributed by atoms with Crippen LogP contribution in [0.1, 0.15) is 57.7 Å². The first-order chi connectivity index (χ1) is 16.2. The molecule has 1 aromatic carbocycles. The number of ketones is 2. The zero-order chi connectivity index (χ0) is 24.0. The first-order valence-corrected chi connectivity index (χ1v) is 11.0. The summed E-state index contributed by atoms with van der Waals surface area (Å²) in [7, 11) is 0. The molecule has 1 fully saturated rings. The molecule has 0 aliphatic heterocycles. The number of hydrogen-bond donors (Lipinski definition) is 2. The van der Waals surface area contributed by atoms with Gasteiger partial charge in [0, 0.05) is 35.8 Å². The Morgan fingerprint density at radius 3 is 2.44 bits per heavy atom. The number of alkyl halides is 3. The molecule has 176 valence electrons. The Balaban J connectivity index is 1.22. The third kappa shape index (κ3) is 4.04. The number of fused-ring (bicyclic) bond motifs is 2. The van der Waals surface area contributed by atoms with E-state index >= 15 is 0 Å². The smallest absolute Gasteiger partial charge is 0.368 e. The summed E-state index contributed by atoms with van der Waals surface area (Å²) in [6, 6.07) is 9.64. The maximum Gasteiger partial charge on any atom is 0.434 e. The minimum atomic E-state index is -4.51. The Hall–Kier alpha value is -3.69. The minimum Gasteiger partial charge on any atom is -0.368 e. The van der Waals surface area contributed by atoms with Crippen molar-refractivity contribution in [1.29, 1.82) is 0 Å². The minimum absolute atomic E-state index is 0.0340. The molecule has 2 heterocycles. The molecule has 10 heteroatoms. The van der Waals surface area contributed by atoms with Gasteiger partial charge in [0.05, 0.1) is 0 Å². The average molecular weight is 470 g/mol. The van der Waals surface area contributed by atoms with Gasteiger partial charge in [-0.05, 0) is 49.4 Å². The second-order valence-electron chi connectivity index (χ2n) is 8.69. The fourth-order valence-electron chi connectivity index (χ4n) is 4.71. The first kappa shape index (κ1) is 22.1. The molecule has 1 amide bonds. The first-order valence-electron chi connectivity index (χ1n) is 11.0. The highest BCUT2D eigenvalue weighted by atomic mass is 19.4. The van der Waals surface area contributed by atoms with Crippen LogP contribution < -0.4 is 10.6 Å². The molecule has 0 saturated heterocycles. The van der Waals surface area contributed by atoms with Crippen LogP contribution in [0.4, 0.5) is 19.0 Å². The van der Waals surface area contributed by atoms with Crippen LogP contribution >= 0.6 is 0 Å². The molecular formula is C24H21F3N4O3. The number of halogens is 3. The van der Waals surface area contributed by atoms with Crippen molar-refractivity contribution in [2.24, 2.45) is 0 Å². The van der Waals surface area contributed by atoms with Crippen molar-refractivity contribution in [2.75, 3.05) is 5.32 Å². The average Bonchev–Trinajstić information content (AvgIpc) is 3.37. The standard InChI is InChI=1S/C24H21F3N4O3/c25-24(26,27)19-12-31-20(5-2-6-21(31)30-19)28-13-7-9-14(10-8-13)29-23(34)16-4-1-3-15-17(16)11-18(32)22(15)33/h1-6,12-14,28H,7-11H2,(H,29,34). The SMILES string of the molecule is O=C1Cc2c(C(=O)NC3CCC(Nc4cccc5nc(C(F)(F)F)cn45)CC3)cccc2C1=O. The number of carbonyl (C=O) groups excluding carboxylic acids is 3. The molecular weight excluding hydrogens is 449 g/mol. The van der Waals surface area contributed by atoms with Crippen LogP contribution in [-0.4, -0.2) is 38.9 Å². The number of amides is 1. The quantitative estimate of drug-likeness (QED) is 0.566. The van der Waals surface area contributed by atoms with E-state index in [1.165, 1.54) is 10.5 Å². The van der Waals surface area contributed by atoms with E-state index in [1.54, 1.807) is 30.3 Å². The summed E-state index contributed by atoms with van der Waals surface area (Å²) in [6.07, 6.45) is -0.785. The molecule has 2 N–H and O–H groups in total. The largest absolute Gasteiger partial charge is 0.434 e. The molecule has 2 aliphatic rings. The molecule has 3 aromatic rings. The Bertz CT molecular complexity index is 1310. The number of nitrogens with one attached hydrogen (secondary N) is 2. The third-order valence-corrected chi connectivity index (χ3v) is 6.45.